The van der Waals surface area contributed by atoms with Crippen LogP contribution in [0.15, 0.2) is 48.5 Å². The van der Waals surface area contributed by atoms with Crippen LogP contribution in [0.4, 0.5) is 0 Å². The van der Waals surface area contributed by atoms with E-state index < -0.39 is 102 Å². The summed E-state index contributed by atoms with van der Waals surface area (Å²) in [4.78, 5) is 40.1. The van der Waals surface area contributed by atoms with Gasteiger partial charge in [-0.2, -0.15) is 0 Å². The van der Waals surface area contributed by atoms with E-state index >= 15 is 0 Å². The van der Waals surface area contributed by atoms with E-state index in [1.54, 1.807) is 0 Å². The van der Waals surface area contributed by atoms with Gasteiger partial charge in [0.15, 0.2) is 69.1 Å². The van der Waals surface area contributed by atoms with Crippen molar-refractivity contribution in [3.63, 3.8) is 0 Å². The van der Waals surface area contributed by atoms with Crippen LogP contribution < -0.4 is 0 Å². The van der Waals surface area contributed by atoms with Crippen molar-refractivity contribution in [2.24, 2.45) is 0 Å². The molecule has 40 heavy (non-hydrogen) atoms. The Morgan fingerprint density at radius 2 is 0.625 bits per heavy atom. The zero-order chi connectivity index (χ0) is 29.6. The highest BCUT2D eigenvalue weighted by molar-refractivity contribution is 6.39. The van der Waals surface area contributed by atoms with Crippen molar-refractivity contribution >= 4 is 29.0 Å². The number of phenols is 9. The zero-order valence-corrected chi connectivity index (χ0v) is 20.5. The third-order valence-electron chi connectivity index (χ3n) is 5.82. The molecule has 0 aromatic heterocycles. The van der Waals surface area contributed by atoms with Crippen LogP contribution in [0.5, 0.6) is 51.7 Å². The van der Waals surface area contributed by atoms with E-state index in [1.807, 2.05) is 0 Å². The monoisotopic (exact) mass is 568 g/mol. The van der Waals surface area contributed by atoms with Gasteiger partial charge in [-0.15, -0.1) is 0 Å². The van der Waals surface area contributed by atoms with Gasteiger partial charge in [-0.3, -0.25) is 14.4 Å². The molecule has 0 heterocycles. The summed E-state index contributed by atoms with van der Waals surface area (Å²) in [5.41, 5.74) is -2.65. The number of hydrogen-bond donors (Lipinski definition) is 9. The number of ketones is 3. The minimum absolute atomic E-state index is 0.383. The number of carbonyl (C=O) groups is 3. The van der Waals surface area contributed by atoms with Gasteiger partial charge in [-0.1, -0.05) is 11.6 Å². The molecule has 0 atom stereocenters. The Kier molecular flexibility index (Phi) is 6.80. The molecule has 0 radical (unpaired) electrons. The van der Waals surface area contributed by atoms with Gasteiger partial charge in [-0.25, -0.2) is 0 Å². The van der Waals surface area contributed by atoms with E-state index in [-0.39, 0.29) is 5.56 Å². The van der Waals surface area contributed by atoms with Crippen LogP contribution in [0.2, 0.25) is 5.02 Å². The van der Waals surface area contributed by atoms with Gasteiger partial charge < -0.3 is 46.0 Å². The van der Waals surface area contributed by atoms with Crippen molar-refractivity contribution in [1.82, 2.24) is 0 Å². The Balaban J connectivity index is 1.96. The van der Waals surface area contributed by atoms with Crippen LogP contribution in [-0.2, 0) is 0 Å². The second-order valence-corrected chi connectivity index (χ2v) is 8.84. The zero-order valence-electron chi connectivity index (χ0n) is 19.7. The topological polar surface area (TPSA) is 233 Å². The third-order valence-corrected chi connectivity index (χ3v) is 6.23. The number of halogens is 1. The largest absolute Gasteiger partial charge is 0.504 e. The van der Waals surface area contributed by atoms with E-state index in [9.17, 15) is 60.3 Å². The first-order valence-corrected chi connectivity index (χ1v) is 11.3. The molecule has 204 valence electrons. The van der Waals surface area contributed by atoms with Crippen molar-refractivity contribution in [1.29, 1.82) is 0 Å². The van der Waals surface area contributed by atoms with Gasteiger partial charge in [0.1, 0.15) is 0 Å². The molecule has 0 saturated carbocycles. The van der Waals surface area contributed by atoms with Gasteiger partial charge in [-0.05, 0) is 48.5 Å². The highest BCUT2D eigenvalue weighted by atomic mass is 35.5. The van der Waals surface area contributed by atoms with Crippen molar-refractivity contribution in [3.8, 4) is 51.7 Å². The lowest BCUT2D eigenvalue weighted by Crippen LogP contribution is -2.12. The second kappa shape index (κ2) is 9.93. The van der Waals surface area contributed by atoms with Crippen LogP contribution in [0.3, 0.4) is 0 Å². The van der Waals surface area contributed by atoms with Gasteiger partial charge in [0.05, 0.1) is 5.02 Å². The standard InChI is InChI=1S/C27H17ClO12/c28-21-13(23(36)11-5-17(31)26(39)18(32)6-11)1-9(22(35)10-3-15(29)25(38)16(30)4-10)2-14(21)24(37)12-7-19(33)27(40)20(34)8-12/h1-8,29-34,38-40H. The van der Waals surface area contributed by atoms with Gasteiger partial charge >= 0.3 is 0 Å². The number of benzene rings is 4. The molecule has 4 aromatic carbocycles. The Morgan fingerprint density at radius 1 is 0.400 bits per heavy atom. The smallest absolute Gasteiger partial charge is 0.200 e. The Bertz CT molecular complexity index is 1600. The van der Waals surface area contributed by atoms with Gasteiger partial charge in [0.2, 0.25) is 0 Å². The van der Waals surface area contributed by atoms with E-state index in [2.05, 4.69) is 0 Å². The molecule has 4 rings (SSSR count). The van der Waals surface area contributed by atoms with E-state index in [4.69, 9.17) is 11.6 Å². The first-order valence-electron chi connectivity index (χ1n) is 10.9. The maximum atomic E-state index is 13.4. The predicted octanol–water partition coefficient (Wildman–Crippen LogP) is 3.38. The molecule has 0 saturated heterocycles. The summed E-state index contributed by atoms with van der Waals surface area (Å²) in [6, 6.07) is 6.65. The van der Waals surface area contributed by atoms with Gasteiger partial charge in [0.25, 0.3) is 0 Å². The van der Waals surface area contributed by atoms with Crippen molar-refractivity contribution in [2.45, 2.75) is 0 Å². The van der Waals surface area contributed by atoms with Crippen LogP contribution in [0.1, 0.15) is 47.8 Å². The van der Waals surface area contributed by atoms with E-state index in [0.717, 1.165) is 48.5 Å². The molecule has 0 aliphatic rings. The molecule has 0 spiro atoms. The molecule has 12 nitrogen and oxygen atoms in total. The molecule has 0 aliphatic heterocycles. The molecular formula is C27H17ClO12. The molecule has 0 fully saturated rings. The highest BCUT2D eigenvalue weighted by Crippen LogP contribution is 2.40. The van der Waals surface area contributed by atoms with Crippen LogP contribution in [0.25, 0.3) is 0 Å². The maximum absolute atomic E-state index is 13.4. The molecule has 9 N–H and O–H groups in total. The number of rotatable bonds is 6. The summed E-state index contributed by atoms with van der Waals surface area (Å²) in [5.74, 6) is -11.0. The molecule has 4 aromatic rings. The minimum atomic E-state index is -1.04. The average molecular weight is 569 g/mol. The average Bonchev–Trinajstić information content (AvgIpc) is 2.91. The van der Waals surface area contributed by atoms with Crippen LogP contribution in [-0.4, -0.2) is 63.3 Å². The molecule has 0 unspecified atom stereocenters. The fourth-order valence-electron chi connectivity index (χ4n) is 3.77. The van der Waals surface area contributed by atoms with Crippen LogP contribution >= 0.6 is 11.6 Å². The van der Waals surface area contributed by atoms with E-state index in [1.165, 1.54) is 0 Å². The number of carbonyl (C=O) groups excluding carboxylic acids is 3. The summed E-state index contributed by atoms with van der Waals surface area (Å²) in [6.45, 7) is 0. The number of hydrogen-bond acceptors (Lipinski definition) is 12. The van der Waals surface area contributed by atoms with Crippen LogP contribution in [0, 0.1) is 0 Å². The maximum Gasteiger partial charge on any atom is 0.200 e. The molecular weight excluding hydrogens is 552 g/mol. The first kappa shape index (κ1) is 27.4. The first-order chi connectivity index (χ1) is 18.7. The van der Waals surface area contributed by atoms with E-state index in [0.29, 0.717) is 0 Å². The molecule has 0 amide bonds. The Morgan fingerprint density at radius 3 is 0.900 bits per heavy atom. The Labute approximate surface area is 228 Å². The van der Waals surface area contributed by atoms with Crippen molar-refractivity contribution < 1.29 is 60.3 Å². The summed E-state index contributed by atoms with van der Waals surface area (Å²) in [5, 5.41) is 87.3. The quantitative estimate of drug-likeness (QED) is 0.120. The SMILES string of the molecule is O=C(c1cc(O)c(O)c(O)c1)c1cc(C(=O)c2cc(O)c(O)c(O)c2)c(Cl)c(C(=O)c2cc(O)c(O)c(O)c2)c1. The third kappa shape index (κ3) is 4.70. The van der Waals surface area contributed by atoms with Crippen molar-refractivity contribution in [3.05, 3.63) is 86.9 Å². The highest BCUT2D eigenvalue weighted by Gasteiger charge is 2.27. The number of aromatic hydroxyl groups is 9. The fraction of sp³-hybridized carbons (Fsp3) is 0. The normalized spacial score (nSPS) is 10.8. The molecule has 0 bridgehead atoms. The summed E-state index contributed by atoms with van der Waals surface area (Å²) < 4.78 is 0. The lowest BCUT2D eigenvalue weighted by molar-refractivity contribution is 0.103. The molecule has 13 heteroatoms. The van der Waals surface area contributed by atoms with Crippen molar-refractivity contribution in [2.75, 3.05) is 0 Å². The summed E-state index contributed by atoms with van der Waals surface area (Å²) in [7, 11) is 0. The summed E-state index contributed by atoms with van der Waals surface area (Å²) in [6.07, 6.45) is 0. The second-order valence-electron chi connectivity index (χ2n) is 8.46. The Hall–Kier alpha value is -5.62. The van der Waals surface area contributed by atoms with Gasteiger partial charge in [0, 0.05) is 33.4 Å². The lowest BCUT2D eigenvalue weighted by atomic mass is 9.91. The lowest BCUT2D eigenvalue weighted by Gasteiger charge is -2.14. The molecule has 0 aliphatic carbocycles. The minimum Gasteiger partial charge on any atom is -0.504 e. The summed E-state index contributed by atoms with van der Waals surface area (Å²) >= 11 is 6.40. The number of phenolic OH excluding ortho intramolecular Hbond substituents is 9. The fourth-order valence-corrected chi connectivity index (χ4v) is 4.05. The predicted molar refractivity (Wildman–Crippen MR) is 136 cm³/mol.